The second-order valence-electron chi connectivity index (χ2n) is 5.06. The molecular formula is C11H21NO4. The zero-order valence-electron chi connectivity index (χ0n) is 10.4. The van der Waals surface area contributed by atoms with E-state index in [4.69, 9.17) is 9.47 Å². The standard InChI is InChI=1S/C11H21NO4/c1-11(2,3)16-10(14)12-6-5-8(13)9(7-12)15-4/h8-9,13H,5-7H2,1-4H3. The third-order valence-electron chi connectivity index (χ3n) is 2.48. The maximum atomic E-state index is 11.7. The smallest absolute Gasteiger partial charge is 0.410 e. The summed E-state index contributed by atoms with van der Waals surface area (Å²) < 4.78 is 10.4. The average molecular weight is 231 g/mol. The number of methoxy groups -OCH3 is 1. The zero-order chi connectivity index (χ0) is 12.3. The van der Waals surface area contributed by atoms with Crippen LogP contribution in [0.3, 0.4) is 0 Å². The Kier molecular flexibility index (Phi) is 4.15. The molecule has 0 aromatic rings. The Bertz CT molecular complexity index is 249. The molecule has 1 heterocycles. The highest BCUT2D eigenvalue weighted by atomic mass is 16.6. The third-order valence-corrected chi connectivity index (χ3v) is 2.48. The van der Waals surface area contributed by atoms with Crippen molar-refractivity contribution < 1.29 is 19.4 Å². The van der Waals surface area contributed by atoms with Crippen LogP contribution in [0.5, 0.6) is 0 Å². The molecule has 0 spiro atoms. The van der Waals surface area contributed by atoms with Gasteiger partial charge < -0.3 is 19.5 Å². The van der Waals surface area contributed by atoms with Gasteiger partial charge in [0.2, 0.25) is 0 Å². The lowest BCUT2D eigenvalue weighted by atomic mass is 10.1. The number of rotatable bonds is 1. The quantitative estimate of drug-likeness (QED) is 0.731. The molecule has 16 heavy (non-hydrogen) atoms. The van der Waals surface area contributed by atoms with Gasteiger partial charge in [0.25, 0.3) is 0 Å². The van der Waals surface area contributed by atoms with E-state index in [-0.39, 0.29) is 12.2 Å². The summed E-state index contributed by atoms with van der Waals surface area (Å²) in [6.07, 6.45) is -0.635. The Morgan fingerprint density at radius 1 is 1.44 bits per heavy atom. The second-order valence-corrected chi connectivity index (χ2v) is 5.06. The number of nitrogens with zero attached hydrogens (tertiary/aromatic N) is 1. The summed E-state index contributed by atoms with van der Waals surface area (Å²) in [4.78, 5) is 13.3. The number of aliphatic hydroxyl groups is 1. The van der Waals surface area contributed by atoms with E-state index in [0.29, 0.717) is 19.5 Å². The number of aliphatic hydroxyl groups excluding tert-OH is 1. The lowest BCUT2D eigenvalue weighted by Crippen LogP contribution is -2.50. The Hall–Kier alpha value is -0.810. The molecule has 1 amide bonds. The van der Waals surface area contributed by atoms with Crippen LogP contribution in [-0.2, 0) is 9.47 Å². The van der Waals surface area contributed by atoms with Crippen molar-refractivity contribution in [1.29, 1.82) is 0 Å². The predicted molar refractivity (Wildman–Crippen MR) is 59.2 cm³/mol. The van der Waals surface area contributed by atoms with Crippen molar-refractivity contribution in [2.24, 2.45) is 0 Å². The van der Waals surface area contributed by atoms with Crippen molar-refractivity contribution in [3.05, 3.63) is 0 Å². The van der Waals surface area contributed by atoms with Crippen LogP contribution in [0.25, 0.3) is 0 Å². The van der Waals surface area contributed by atoms with E-state index in [2.05, 4.69) is 0 Å². The molecule has 0 bridgehead atoms. The average Bonchev–Trinajstić information content (AvgIpc) is 2.15. The number of carbonyl (C=O) groups is 1. The molecule has 0 radical (unpaired) electrons. The molecule has 0 aromatic carbocycles. The van der Waals surface area contributed by atoms with Crippen molar-refractivity contribution in [3.8, 4) is 0 Å². The summed E-state index contributed by atoms with van der Waals surface area (Å²) in [7, 11) is 1.53. The normalized spacial score (nSPS) is 26.7. The fourth-order valence-electron chi connectivity index (χ4n) is 1.63. The van der Waals surface area contributed by atoms with Crippen LogP contribution in [0.15, 0.2) is 0 Å². The number of hydrogen-bond acceptors (Lipinski definition) is 4. The topological polar surface area (TPSA) is 59.0 Å². The molecule has 1 rings (SSSR count). The Balaban J connectivity index is 2.52. The molecule has 1 N–H and O–H groups in total. The highest BCUT2D eigenvalue weighted by molar-refractivity contribution is 5.68. The van der Waals surface area contributed by atoms with Gasteiger partial charge >= 0.3 is 6.09 Å². The number of carbonyl (C=O) groups excluding carboxylic acids is 1. The van der Waals surface area contributed by atoms with Gasteiger partial charge in [0, 0.05) is 13.7 Å². The first kappa shape index (κ1) is 13.3. The molecule has 1 saturated heterocycles. The maximum absolute atomic E-state index is 11.7. The fraction of sp³-hybridized carbons (Fsp3) is 0.909. The summed E-state index contributed by atoms with van der Waals surface area (Å²) in [5.41, 5.74) is -0.490. The number of piperidine rings is 1. The SMILES string of the molecule is COC1CN(C(=O)OC(C)(C)C)CCC1O. The summed E-state index contributed by atoms with van der Waals surface area (Å²) in [6.45, 7) is 6.38. The van der Waals surface area contributed by atoms with Crippen molar-refractivity contribution in [2.45, 2.75) is 45.0 Å². The van der Waals surface area contributed by atoms with Crippen LogP contribution in [-0.4, -0.2) is 54.1 Å². The lowest BCUT2D eigenvalue weighted by Gasteiger charge is -2.36. The minimum atomic E-state index is -0.497. The van der Waals surface area contributed by atoms with Crippen molar-refractivity contribution in [2.75, 3.05) is 20.2 Å². The molecular weight excluding hydrogens is 210 g/mol. The molecule has 1 fully saturated rings. The third kappa shape index (κ3) is 3.64. The molecule has 1 aliphatic rings. The number of amides is 1. The molecule has 0 aliphatic carbocycles. The van der Waals surface area contributed by atoms with Crippen LogP contribution in [0, 0.1) is 0 Å². The maximum Gasteiger partial charge on any atom is 0.410 e. The summed E-state index contributed by atoms with van der Waals surface area (Å²) >= 11 is 0. The van der Waals surface area contributed by atoms with Crippen molar-refractivity contribution in [3.63, 3.8) is 0 Å². The number of ether oxygens (including phenoxy) is 2. The van der Waals surface area contributed by atoms with Crippen LogP contribution < -0.4 is 0 Å². The van der Waals surface area contributed by atoms with E-state index < -0.39 is 11.7 Å². The van der Waals surface area contributed by atoms with Gasteiger partial charge in [-0.1, -0.05) is 0 Å². The monoisotopic (exact) mass is 231 g/mol. The Labute approximate surface area is 96.3 Å². The molecule has 2 unspecified atom stereocenters. The van der Waals surface area contributed by atoms with Gasteiger partial charge in [0.05, 0.1) is 12.6 Å². The van der Waals surface area contributed by atoms with Crippen LogP contribution in [0.1, 0.15) is 27.2 Å². The molecule has 5 heteroatoms. The highest BCUT2D eigenvalue weighted by Crippen LogP contribution is 2.17. The van der Waals surface area contributed by atoms with Gasteiger partial charge in [-0.05, 0) is 27.2 Å². The molecule has 5 nitrogen and oxygen atoms in total. The first-order valence-electron chi connectivity index (χ1n) is 5.52. The van der Waals surface area contributed by atoms with E-state index >= 15 is 0 Å². The number of hydrogen-bond donors (Lipinski definition) is 1. The van der Waals surface area contributed by atoms with E-state index in [1.165, 1.54) is 7.11 Å². The van der Waals surface area contributed by atoms with Gasteiger partial charge in [-0.15, -0.1) is 0 Å². The van der Waals surface area contributed by atoms with E-state index in [0.717, 1.165) is 0 Å². The summed E-state index contributed by atoms with van der Waals surface area (Å²) in [6, 6.07) is 0. The van der Waals surface area contributed by atoms with E-state index in [1.54, 1.807) is 4.90 Å². The van der Waals surface area contributed by atoms with Crippen LogP contribution in [0.2, 0.25) is 0 Å². The van der Waals surface area contributed by atoms with E-state index in [1.807, 2.05) is 20.8 Å². The highest BCUT2D eigenvalue weighted by Gasteiger charge is 2.32. The molecule has 1 aliphatic heterocycles. The van der Waals surface area contributed by atoms with Crippen molar-refractivity contribution >= 4 is 6.09 Å². The van der Waals surface area contributed by atoms with Gasteiger partial charge in [-0.25, -0.2) is 4.79 Å². The first-order valence-corrected chi connectivity index (χ1v) is 5.52. The largest absolute Gasteiger partial charge is 0.444 e. The lowest BCUT2D eigenvalue weighted by molar-refractivity contribution is -0.0646. The Morgan fingerprint density at radius 2 is 2.06 bits per heavy atom. The van der Waals surface area contributed by atoms with Gasteiger partial charge in [-0.3, -0.25) is 0 Å². The van der Waals surface area contributed by atoms with Gasteiger partial charge in [0.1, 0.15) is 11.7 Å². The fourth-order valence-corrected chi connectivity index (χ4v) is 1.63. The summed E-state index contributed by atoms with van der Waals surface area (Å²) in [5.74, 6) is 0. The minimum Gasteiger partial charge on any atom is -0.444 e. The second kappa shape index (κ2) is 5.01. The van der Waals surface area contributed by atoms with Crippen molar-refractivity contribution in [1.82, 2.24) is 4.90 Å². The molecule has 94 valence electrons. The predicted octanol–water partition coefficient (Wildman–Crippen LogP) is 1.00. The molecule has 0 saturated carbocycles. The van der Waals surface area contributed by atoms with Gasteiger partial charge in [0.15, 0.2) is 0 Å². The van der Waals surface area contributed by atoms with Gasteiger partial charge in [-0.2, -0.15) is 0 Å². The zero-order valence-corrected chi connectivity index (χ0v) is 10.4. The number of likely N-dealkylation sites (tertiary alicyclic amines) is 1. The minimum absolute atomic E-state index is 0.318. The van der Waals surface area contributed by atoms with Crippen LogP contribution >= 0.6 is 0 Å². The molecule has 2 atom stereocenters. The van der Waals surface area contributed by atoms with Crippen LogP contribution in [0.4, 0.5) is 4.79 Å². The Morgan fingerprint density at radius 3 is 2.56 bits per heavy atom. The summed E-state index contributed by atoms with van der Waals surface area (Å²) in [5, 5.41) is 9.60. The van der Waals surface area contributed by atoms with E-state index in [9.17, 15) is 9.90 Å². The first-order chi connectivity index (χ1) is 7.33. The molecule has 0 aromatic heterocycles.